The van der Waals surface area contributed by atoms with Crippen molar-refractivity contribution in [3.05, 3.63) is 92.2 Å². The summed E-state index contributed by atoms with van der Waals surface area (Å²) in [6.07, 6.45) is 0.0824. The second kappa shape index (κ2) is 9.61. The van der Waals surface area contributed by atoms with Crippen LogP contribution < -0.4 is 10.3 Å². The topological polar surface area (TPSA) is 118 Å². The lowest BCUT2D eigenvalue weighted by molar-refractivity contribution is -0.386. The van der Waals surface area contributed by atoms with Gasteiger partial charge in [0.1, 0.15) is 22.8 Å². The number of nitrogens with zero attached hydrogens (tertiary/aromatic N) is 4. The van der Waals surface area contributed by atoms with Crippen molar-refractivity contribution in [2.45, 2.75) is 32.9 Å². The highest BCUT2D eigenvalue weighted by atomic mass is 19.2. The van der Waals surface area contributed by atoms with Crippen LogP contribution in [0.3, 0.4) is 0 Å². The number of carbonyl (C=O) groups excluding carboxylic acids is 1. The van der Waals surface area contributed by atoms with E-state index in [4.69, 9.17) is 9.47 Å². The highest BCUT2D eigenvalue weighted by molar-refractivity contribution is 5.91. The highest BCUT2D eigenvalue weighted by Crippen LogP contribution is 2.36. The number of hydrogen-bond donors (Lipinski definition) is 0. The number of halogens is 4. The average Bonchev–Trinajstić information content (AvgIpc) is 3.15. The van der Waals surface area contributed by atoms with Crippen LogP contribution in [0.1, 0.15) is 26.6 Å². The Morgan fingerprint density at radius 2 is 1.82 bits per heavy atom. The molecule has 0 radical (unpaired) electrons. The van der Waals surface area contributed by atoms with Gasteiger partial charge < -0.3 is 14.0 Å². The molecule has 0 N–H and O–H groups in total. The molecule has 0 unspecified atom stereocenters. The summed E-state index contributed by atoms with van der Waals surface area (Å²) in [5, 5.41) is 11.2. The van der Waals surface area contributed by atoms with Crippen LogP contribution in [0.2, 0.25) is 0 Å². The lowest BCUT2D eigenvalue weighted by Crippen LogP contribution is -2.29. The van der Waals surface area contributed by atoms with Crippen molar-refractivity contribution >= 4 is 22.8 Å². The molecule has 2 heterocycles. The molecule has 198 valence electrons. The predicted molar refractivity (Wildman–Crippen MR) is 124 cm³/mol. The van der Waals surface area contributed by atoms with E-state index >= 15 is 0 Å². The molecule has 0 aliphatic rings. The van der Waals surface area contributed by atoms with Crippen LogP contribution in [0.5, 0.6) is 11.5 Å². The number of aromatic nitrogens is 3. The lowest BCUT2D eigenvalue weighted by atomic mass is 10.2. The van der Waals surface area contributed by atoms with E-state index in [0.717, 1.165) is 27.3 Å². The number of pyridine rings is 1. The van der Waals surface area contributed by atoms with E-state index in [1.807, 2.05) is 0 Å². The van der Waals surface area contributed by atoms with Gasteiger partial charge in [-0.3, -0.25) is 14.9 Å². The Bertz CT molecular complexity index is 1660. The molecule has 2 aromatic carbocycles. The van der Waals surface area contributed by atoms with Crippen LogP contribution >= 0.6 is 0 Å². The van der Waals surface area contributed by atoms with Crippen molar-refractivity contribution in [2.24, 2.45) is 0 Å². The minimum atomic E-state index is -1.59. The van der Waals surface area contributed by atoms with Crippen LogP contribution in [-0.2, 0) is 11.3 Å². The predicted octanol–water partition coefficient (Wildman–Crippen LogP) is 5.29. The molecular formula is C24H18F4N4O6. The number of nitro groups is 1. The average molecular weight is 534 g/mol. The summed E-state index contributed by atoms with van der Waals surface area (Å²) in [7, 11) is 0. The molecule has 0 bridgehead atoms. The molecule has 4 aromatic rings. The number of hydrogen-bond acceptors (Lipinski definition) is 7. The summed E-state index contributed by atoms with van der Waals surface area (Å²) in [5.41, 5.74) is -3.69. The summed E-state index contributed by atoms with van der Waals surface area (Å²) < 4.78 is 69.3. The zero-order chi connectivity index (χ0) is 27.9. The maximum atomic E-state index is 14.9. The van der Waals surface area contributed by atoms with E-state index < -0.39 is 74.7 Å². The molecule has 0 saturated carbocycles. The normalized spacial score (nSPS) is 11.6. The Kier molecular flexibility index (Phi) is 6.65. The Labute approximate surface area is 210 Å². The molecular weight excluding hydrogens is 516 g/mol. The minimum Gasteiger partial charge on any atom is -0.449 e. The first kappa shape index (κ1) is 26.3. The molecule has 0 amide bonds. The van der Waals surface area contributed by atoms with Crippen molar-refractivity contribution in [3.63, 3.8) is 0 Å². The van der Waals surface area contributed by atoms with E-state index in [1.54, 1.807) is 20.8 Å². The summed E-state index contributed by atoms with van der Waals surface area (Å²) in [6.45, 7) is 4.06. The fourth-order valence-electron chi connectivity index (χ4n) is 3.50. The van der Waals surface area contributed by atoms with Gasteiger partial charge in [0.05, 0.1) is 17.0 Å². The van der Waals surface area contributed by atoms with Gasteiger partial charge in [-0.1, -0.05) is 0 Å². The smallest absolute Gasteiger partial charge is 0.420 e. The van der Waals surface area contributed by atoms with Gasteiger partial charge in [0, 0.05) is 24.4 Å². The quantitative estimate of drug-likeness (QED) is 0.194. The molecule has 0 fully saturated rings. The summed E-state index contributed by atoms with van der Waals surface area (Å²) in [5.74, 6) is -7.17. The third-order valence-electron chi connectivity index (χ3n) is 5.06. The number of ether oxygens (including phenoxy) is 2. The Balaban J connectivity index is 1.96. The summed E-state index contributed by atoms with van der Waals surface area (Å²) in [6, 6.07) is 4.94. The van der Waals surface area contributed by atoms with Crippen LogP contribution in [0.25, 0.3) is 11.0 Å². The minimum absolute atomic E-state index is 0.314. The van der Waals surface area contributed by atoms with Crippen molar-refractivity contribution in [1.29, 1.82) is 0 Å². The van der Waals surface area contributed by atoms with Crippen LogP contribution in [0.15, 0.2) is 47.4 Å². The number of rotatable bonds is 5. The third kappa shape index (κ3) is 5.05. The van der Waals surface area contributed by atoms with Gasteiger partial charge in [0.25, 0.3) is 0 Å². The van der Waals surface area contributed by atoms with E-state index in [1.165, 1.54) is 12.3 Å². The first-order valence-corrected chi connectivity index (χ1v) is 10.9. The zero-order valence-electron chi connectivity index (χ0n) is 20.0. The van der Waals surface area contributed by atoms with Gasteiger partial charge in [0.2, 0.25) is 5.82 Å². The number of imidazole rings is 1. The van der Waals surface area contributed by atoms with E-state index in [9.17, 15) is 37.3 Å². The Morgan fingerprint density at radius 1 is 1.11 bits per heavy atom. The van der Waals surface area contributed by atoms with Crippen molar-refractivity contribution in [3.8, 4) is 11.5 Å². The molecule has 0 aliphatic carbocycles. The second-order valence-electron chi connectivity index (χ2n) is 8.97. The van der Waals surface area contributed by atoms with Crippen LogP contribution in [0.4, 0.5) is 28.0 Å². The van der Waals surface area contributed by atoms with Gasteiger partial charge >= 0.3 is 17.3 Å². The van der Waals surface area contributed by atoms with Gasteiger partial charge in [-0.25, -0.2) is 27.5 Å². The molecule has 0 aliphatic heterocycles. The van der Waals surface area contributed by atoms with E-state index in [-0.39, 0.29) is 11.3 Å². The van der Waals surface area contributed by atoms with Crippen LogP contribution in [-0.4, -0.2) is 30.7 Å². The Morgan fingerprint density at radius 3 is 2.45 bits per heavy atom. The first-order valence-electron chi connectivity index (χ1n) is 10.9. The molecule has 14 heteroatoms. The SMILES string of the molecule is CC(C)(C)OC(=O)n1c(Cn2cccc([N+](=O)[O-])c2=O)nc2c(Oc3ccc(F)cc3F)c(F)c(F)cc21. The Hall–Kier alpha value is -4.75. The van der Waals surface area contributed by atoms with Gasteiger partial charge in [-0.2, -0.15) is 4.39 Å². The lowest BCUT2D eigenvalue weighted by Gasteiger charge is -2.20. The molecule has 0 spiro atoms. The fourth-order valence-corrected chi connectivity index (χ4v) is 3.50. The third-order valence-corrected chi connectivity index (χ3v) is 5.06. The van der Waals surface area contributed by atoms with Gasteiger partial charge in [-0.15, -0.1) is 0 Å². The molecule has 0 saturated heterocycles. The van der Waals surface area contributed by atoms with E-state index in [2.05, 4.69) is 4.98 Å². The monoisotopic (exact) mass is 534 g/mol. The fraction of sp³-hybridized carbons (Fsp3) is 0.208. The number of carbonyl (C=O) groups is 1. The summed E-state index contributed by atoms with van der Waals surface area (Å²) >= 11 is 0. The van der Waals surface area contributed by atoms with Crippen molar-refractivity contribution in [1.82, 2.24) is 14.1 Å². The maximum Gasteiger partial charge on any atom is 0.420 e. The van der Waals surface area contributed by atoms with Crippen molar-refractivity contribution < 1.29 is 36.8 Å². The molecule has 2 aromatic heterocycles. The maximum absolute atomic E-state index is 14.9. The second-order valence-corrected chi connectivity index (χ2v) is 8.97. The highest BCUT2D eigenvalue weighted by Gasteiger charge is 2.29. The standard InChI is InChI=1S/C24H18F4N4O6/c1-24(2,3)38-23(34)31-16-10-14(27)19(28)21(37-17-7-6-12(25)9-13(17)26)20(16)29-18(31)11-30-8-4-5-15(22(30)33)32(35)36/h4-10H,11H2,1-3H3. The largest absolute Gasteiger partial charge is 0.449 e. The molecule has 0 atom stereocenters. The van der Waals surface area contributed by atoms with Crippen molar-refractivity contribution in [2.75, 3.05) is 0 Å². The molecule has 10 nitrogen and oxygen atoms in total. The zero-order valence-corrected chi connectivity index (χ0v) is 20.0. The van der Waals surface area contributed by atoms with Crippen LogP contribution in [0, 0.1) is 33.4 Å². The number of benzene rings is 2. The van der Waals surface area contributed by atoms with Gasteiger partial charge in [-0.05, 0) is 39.0 Å². The summed E-state index contributed by atoms with van der Waals surface area (Å²) in [4.78, 5) is 40.1. The first-order chi connectivity index (χ1) is 17.8. The molecule has 4 rings (SSSR count). The number of fused-ring (bicyclic) bond motifs is 1. The molecule has 38 heavy (non-hydrogen) atoms. The van der Waals surface area contributed by atoms with E-state index in [0.29, 0.717) is 12.1 Å². The van der Waals surface area contributed by atoms with Gasteiger partial charge in [0.15, 0.2) is 23.1 Å².